The van der Waals surface area contributed by atoms with Crippen molar-refractivity contribution in [3.8, 4) is 5.75 Å². The molecule has 0 saturated carbocycles. The largest absolute Gasteiger partial charge is 0.493 e. The summed E-state index contributed by atoms with van der Waals surface area (Å²) in [6.07, 6.45) is 1.70. The molecule has 3 rings (SSSR count). The molecule has 0 saturated heterocycles. The maximum atomic E-state index is 12.0. The fraction of sp³-hybridized carbons (Fsp3) is 0.174. The first-order chi connectivity index (χ1) is 14.2. The number of nitrogens with zero attached hydrogens (tertiary/aromatic N) is 1. The number of amides is 2. The Morgan fingerprint density at radius 3 is 2.45 bits per heavy atom. The maximum Gasteiger partial charge on any atom is 0.240 e. The Bertz CT molecular complexity index is 1020. The number of anilines is 1. The highest BCUT2D eigenvalue weighted by Crippen LogP contribution is 2.26. The number of carbonyl (C=O) groups is 2. The molecule has 148 valence electrons. The van der Waals surface area contributed by atoms with Crippen LogP contribution < -0.4 is 15.5 Å². The molecule has 3 aromatic rings. The van der Waals surface area contributed by atoms with Crippen LogP contribution in [0.2, 0.25) is 0 Å². The molecular formula is C23H23N3O3. The number of nitrogens with one attached hydrogen (secondary N) is 2. The van der Waals surface area contributed by atoms with E-state index < -0.39 is 0 Å². The van der Waals surface area contributed by atoms with Gasteiger partial charge in [0.2, 0.25) is 11.8 Å². The summed E-state index contributed by atoms with van der Waals surface area (Å²) in [6.45, 7) is 2.44. The zero-order valence-electron chi connectivity index (χ0n) is 16.2. The molecule has 6 heteroatoms. The van der Waals surface area contributed by atoms with E-state index in [1.165, 1.54) is 0 Å². The number of rotatable bonds is 8. The van der Waals surface area contributed by atoms with E-state index in [0.717, 1.165) is 16.3 Å². The molecular weight excluding hydrogens is 366 g/mol. The van der Waals surface area contributed by atoms with Gasteiger partial charge in [-0.05, 0) is 35.9 Å². The number of carbonyl (C=O) groups excluding carboxylic acids is 2. The van der Waals surface area contributed by atoms with Crippen molar-refractivity contribution in [3.05, 3.63) is 72.3 Å². The van der Waals surface area contributed by atoms with Crippen molar-refractivity contribution < 1.29 is 14.3 Å². The van der Waals surface area contributed by atoms with Crippen molar-refractivity contribution in [2.24, 2.45) is 5.10 Å². The lowest BCUT2D eigenvalue weighted by atomic mass is 10.0. The summed E-state index contributed by atoms with van der Waals surface area (Å²) in [5, 5.41) is 8.85. The van der Waals surface area contributed by atoms with Crippen LogP contribution in [-0.2, 0) is 9.59 Å². The summed E-state index contributed by atoms with van der Waals surface area (Å²) < 4.78 is 5.68. The number of ether oxygens (including phenoxy) is 1. The summed E-state index contributed by atoms with van der Waals surface area (Å²) in [6, 6.07) is 20.9. The molecule has 0 aromatic heterocycles. The molecule has 0 fully saturated rings. The topological polar surface area (TPSA) is 79.8 Å². The Morgan fingerprint density at radius 2 is 1.66 bits per heavy atom. The standard InChI is InChI=1S/C23H23N3O3/c1-2-29-21-13-12-17-8-6-7-11-19(17)20(21)16-24-26-23(28)15-14-22(27)25-18-9-4-3-5-10-18/h3-13,16H,2,14-15H2,1H3,(H,25,27)(H,26,28). The van der Waals surface area contributed by atoms with E-state index in [9.17, 15) is 9.59 Å². The van der Waals surface area contributed by atoms with Gasteiger partial charge in [-0.3, -0.25) is 9.59 Å². The molecule has 0 aliphatic heterocycles. The molecule has 6 nitrogen and oxygen atoms in total. The number of hydrogen-bond donors (Lipinski definition) is 2. The fourth-order valence-electron chi connectivity index (χ4n) is 2.89. The van der Waals surface area contributed by atoms with Gasteiger partial charge in [-0.1, -0.05) is 48.5 Å². The van der Waals surface area contributed by atoms with Crippen LogP contribution in [-0.4, -0.2) is 24.6 Å². The highest BCUT2D eigenvalue weighted by atomic mass is 16.5. The molecule has 29 heavy (non-hydrogen) atoms. The molecule has 0 aliphatic rings. The minimum atomic E-state index is -0.331. The smallest absolute Gasteiger partial charge is 0.240 e. The highest BCUT2D eigenvalue weighted by Gasteiger charge is 2.08. The SMILES string of the molecule is CCOc1ccc2ccccc2c1C=NNC(=O)CCC(=O)Nc1ccccc1. The van der Waals surface area contributed by atoms with Gasteiger partial charge >= 0.3 is 0 Å². The van der Waals surface area contributed by atoms with Gasteiger partial charge in [0.1, 0.15) is 5.75 Å². The second-order valence-corrected chi connectivity index (χ2v) is 6.34. The van der Waals surface area contributed by atoms with Crippen molar-refractivity contribution >= 4 is 34.5 Å². The van der Waals surface area contributed by atoms with E-state index in [1.54, 1.807) is 18.3 Å². The highest BCUT2D eigenvalue weighted by molar-refractivity contribution is 6.02. The summed E-state index contributed by atoms with van der Waals surface area (Å²) in [7, 11) is 0. The van der Waals surface area contributed by atoms with Crippen LogP contribution in [0.25, 0.3) is 10.8 Å². The van der Waals surface area contributed by atoms with E-state index in [2.05, 4.69) is 15.8 Å². The van der Waals surface area contributed by atoms with Gasteiger partial charge in [0.25, 0.3) is 0 Å². The summed E-state index contributed by atoms with van der Waals surface area (Å²) >= 11 is 0. The number of para-hydroxylation sites is 1. The van der Waals surface area contributed by atoms with Crippen molar-refractivity contribution in [3.63, 3.8) is 0 Å². The zero-order chi connectivity index (χ0) is 20.5. The van der Waals surface area contributed by atoms with Crippen LogP contribution in [0.5, 0.6) is 5.75 Å². The molecule has 0 unspecified atom stereocenters. The minimum Gasteiger partial charge on any atom is -0.493 e. The first kappa shape index (κ1) is 20.1. The average Bonchev–Trinajstić information content (AvgIpc) is 2.74. The Hall–Kier alpha value is -3.67. The number of hydrazone groups is 1. The van der Waals surface area contributed by atoms with Gasteiger partial charge < -0.3 is 10.1 Å². The lowest BCUT2D eigenvalue weighted by Gasteiger charge is -2.10. The molecule has 0 aliphatic carbocycles. The summed E-state index contributed by atoms with van der Waals surface area (Å²) in [5.41, 5.74) is 3.98. The summed E-state index contributed by atoms with van der Waals surface area (Å²) in [5.74, 6) is 0.150. The third-order valence-corrected chi connectivity index (χ3v) is 4.25. The second-order valence-electron chi connectivity index (χ2n) is 6.34. The van der Waals surface area contributed by atoms with Crippen LogP contribution in [0.1, 0.15) is 25.3 Å². The predicted octanol–water partition coefficient (Wildman–Crippen LogP) is 4.11. The van der Waals surface area contributed by atoms with Crippen LogP contribution in [0.15, 0.2) is 71.8 Å². The Kier molecular flexibility index (Phi) is 6.95. The summed E-state index contributed by atoms with van der Waals surface area (Å²) in [4.78, 5) is 24.0. The lowest BCUT2D eigenvalue weighted by molar-refractivity contribution is -0.124. The third kappa shape index (κ3) is 5.65. The molecule has 0 bridgehead atoms. The third-order valence-electron chi connectivity index (χ3n) is 4.25. The van der Waals surface area contributed by atoms with Crippen LogP contribution in [0, 0.1) is 0 Å². The van der Waals surface area contributed by atoms with Crippen LogP contribution >= 0.6 is 0 Å². The van der Waals surface area contributed by atoms with E-state index in [4.69, 9.17) is 4.74 Å². The average molecular weight is 389 g/mol. The van der Waals surface area contributed by atoms with E-state index in [1.807, 2.05) is 61.5 Å². The number of benzene rings is 3. The quantitative estimate of drug-likeness (QED) is 0.449. The molecule has 2 N–H and O–H groups in total. The zero-order valence-corrected chi connectivity index (χ0v) is 16.2. The van der Waals surface area contributed by atoms with Crippen molar-refractivity contribution in [2.45, 2.75) is 19.8 Å². The molecule has 3 aromatic carbocycles. The Morgan fingerprint density at radius 1 is 0.931 bits per heavy atom. The number of fused-ring (bicyclic) bond motifs is 1. The van der Waals surface area contributed by atoms with Crippen LogP contribution in [0.3, 0.4) is 0 Å². The Labute approximate surface area is 169 Å². The molecule has 0 atom stereocenters. The fourth-order valence-corrected chi connectivity index (χ4v) is 2.89. The first-order valence-corrected chi connectivity index (χ1v) is 9.48. The number of hydrogen-bond acceptors (Lipinski definition) is 4. The molecule has 0 radical (unpaired) electrons. The molecule has 2 amide bonds. The van der Waals surface area contributed by atoms with Crippen LogP contribution in [0.4, 0.5) is 5.69 Å². The second kappa shape index (κ2) is 10.0. The minimum absolute atomic E-state index is 0.0455. The van der Waals surface area contributed by atoms with Gasteiger partial charge in [0.05, 0.1) is 12.8 Å². The predicted molar refractivity (Wildman–Crippen MR) is 115 cm³/mol. The molecule has 0 heterocycles. The van der Waals surface area contributed by atoms with E-state index in [0.29, 0.717) is 18.0 Å². The lowest BCUT2D eigenvalue weighted by Crippen LogP contribution is -2.20. The van der Waals surface area contributed by atoms with Crippen molar-refractivity contribution in [2.75, 3.05) is 11.9 Å². The molecule has 0 spiro atoms. The van der Waals surface area contributed by atoms with Gasteiger partial charge in [-0.2, -0.15) is 5.10 Å². The monoisotopic (exact) mass is 389 g/mol. The van der Waals surface area contributed by atoms with Crippen molar-refractivity contribution in [1.29, 1.82) is 0 Å². The van der Waals surface area contributed by atoms with Gasteiger partial charge in [0, 0.05) is 24.1 Å². The normalized spacial score (nSPS) is 10.8. The van der Waals surface area contributed by atoms with Gasteiger partial charge in [0.15, 0.2) is 0 Å². The van der Waals surface area contributed by atoms with Gasteiger partial charge in [-0.15, -0.1) is 0 Å². The maximum absolute atomic E-state index is 12.0. The van der Waals surface area contributed by atoms with Crippen molar-refractivity contribution in [1.82, 2.24) is 5.43 Å². The van der Waals surface area contributed by atoms with E-state index >= 15 is 0 Å². The Balaban J connectivity index is 1.58. The van der Waals surface area contributed by atoms with Gasteiger partial charge in [-0.25, -0.2) is 5.43 Å². The first-order valence-electron chi connectivity index (χ1n) is 9.48. The van der Waals surface area contributed by atoms with E-state index in [-0.39, 0.29) is 24.7 Å².